The number of imide groups is 1. The van der Waals surface area contributed by atoms with Gasteiger partial charge in [0.1, 0.15) is 44.0 Å². The number of anilines is 2. The second-order valence-corrected chi connectivity index (χ2v) is 34.8. The number of aliphatic hydroxyl groups is 1. The molecular formula is C92H125F2N13O21S2. The fraction of sp³-hybridized carbons (Fsp3) is 0.511. The number of likely N-dealkylation sites (tertiary alicyclic amines) is 1. The summed E-state index contributed by atoms with van der Waals surface area (Å²) < 4.78 is 71.1. The molecule has 130 heavy (non-hydrogen) atoms. The molecule has 34 nitrogen and oxygen atoms in total. The maximum Gasteiger partial charge on any atom is 0.410 e. The van der Waals surface area contributed by atoms with E-state index >= 15 is 8.78 Å². The Morgan fingerprint density at radius 3 is 1.70 bits per heavy atom. The fourth-order valence-corrected chi connectivity index (χ4v) is 17.0. The van der Waals surface area contributed by atoms with Gasteiger partial charge < -0.3 is 96.3 Å². The number of ether oxygens (including phenoxy) is 7. The van der Waals surface area contributed by atoms with E-state index in [0.717, 1.165) is 40.6 Å². The molecule has 0 spiro atoms. The molecular weight excluding hydrogens is 1730 g/mol. The zero-order chi connectivity index (χ0) is 95.8. The number of nitrogens with zero attached hydrogens (tertiary/aromatic N) is 4. The molecule has 14 amide bonds. The van der Waals surface area contributed by atoms with Crippen molar-refractivity contribution in [1.82, 2.24) is 51.9 Å². The number of primary amides is 1. The third kappa shape index (κ3) is 30.0. The van der Waals surface area contributed by atoms with Crippen molar-refractivity contribution in [1.29, 1.82) is 0 Å². The average molecular weight is 1850 g/mol. The number of hydrogen-bond acceptors (Lipinski definition) is 23. The van der Waals surface area contributed by atoms with E-state index in [1.807, 2.05) is 32.0 Å². The SMILES string of the molecule is CCC(C)[C@@H]([C@@H](CC(=O)N1CCC[C@H]1[C@H](OC)[C@@H](C)C(=O)N[C@H](C)[C@@H](O)c1ccccc1)OC)N(C)C(=O)[C@@H](NC(=O)[C@H](C(C)C)N(C)C(=O)OCc1ccc(NC(=O)[C@H](CCCNC(N)=O)NC(=O)[C@@H](NC(=O)COCCOCCOCCOc2c(F)cc(N3C(=O)C(Sc4ccc(C(=O)NC)cc4)=C(Sc4ccc(C(=O)NC)cc4)C3=O)cc2F)C(C)C)cc1)C(C)C. The molecule has 1 fully saturated rings. The Bertz CT molecular complexity index is 4610. The number of rotatable bonds is 51. The van der Waals surface area contributed by atoms with Crippen LogP contribution in [-0.2, 0) is 78.2 Å². The summed E-state index contributed by atoms with van der Waals surface area (Å²) in [5, 5.41) is 32.5. The van der Waals surface area contributed by atoms with Gasteiger partial charge in [0.05, 0.1) is 97.3 Å². The second-order valence-electron chi connectivity index (χ2n) is 32.7. The van der Waals surface area contributed by atoms with Crippen LogP contribution in [0.2, 0.25) is 0 Å². The van der Waals surface area contributed by atoms with Gasteiger partial charge in [-0.1, -0.05) is 135 Å². The zero-order valence-corrected chi connectivity index (χ0v) is 78.1. The summed E-state index contributed by atoms with van der Waals surface area (Å²) in [4.78, 5) is 183. The van der Waals surface area contributed by atoms with Crippen molar-refractivity contribution >= 4 is 112 Å². The van der Waals surface area contributed by atoms with Gasteiger partial charge >= 0.3 is 12.1 Å². The van der Waals surface area contributed by atoms with Crippen LogP contribution in [0, 0.1) is 41.2 Å². The molecule has 1 unspecified atom stereocenters. The number of methoxy groups -OCH3 is 2. The molecule has 11 N–H and O–H groups in total. The van der Waals surface area contributed by atoms with Gasteiger partial charge in [-0.25, -0.2) is 23.3 Å². The third-order valence-electron chi connectivity index (χ3n) is 22.4. The quantitative estimate of drug-likeness (QED) is 0.0129. The van der Waals surface area contributed by atoms with E-state index in [9.17, 15) is 67.4 Å². The molecule has 2 heterocycles. The smallest absolute Gasteiger partial charge is 0.410 e. The topological polar surface area (TPSA) is 442 Å². The minimum atomic E-state index is -1.21. The van der Waals surface area contributed by atoms with Crippen LogP contribution in [0.3, 0.4) is 0 Å². The number of carbonyl (C=O) groups is 13. The number of thioether (sulfide) groups is 2. The Kier molecular flexibility index (Phi) is 42.4. The predicted molar refractivity (Wildman–Crippen MR) is 484 cm³/mol. The summed E-state index contributed by atoms with van der Waals surface area (Å²) in [5.74, 6) is -11.6. The number of aliphatic hydroxyl groups excluding tert-OH is 1. The summed E-state index contributed by atoms with van der Waals surface area (Å²) in [5.41, 5.74) is 6.99. The maximum absolute atomic E-state index is 15.7. The predicted octanol–water partition coefficient (Wildman–Crippen LogP) is 8.39. The normalized spacial score (nSPS) is 15.8. The van der Waals surface area contributed by atoms with E-state index < -0.39 is 167 Å². The van der Waals surface area contributed by atoms with Gasteiger partial charge in [0.15, 0.2) is 17.4 Å². The molecule has 2 aliphatic rings. The number of urea groups is 1. The Morgan fingerprint density at radius 1 is 0.631 bits per heavy atom. The van der Waals surface area contributed by atoms with Crippen molar-refractivity contribution < 1.29 is 109 Å². The Morgan fingerprint density at radius 2 is 1.18 bits per heavy atom. The van der Waals surface area contributed by atoms with Gasteiger partial charge in [-0.15, -0.1) is 0 Å². The summed E-state index contributed by atoms with van der Waals surface area (Å²) in [6.45, 7) is 17.0. The summed E-state index contributed by atoms with van der Waals surface area (Å²) >= 11 is 1.84. The number of carbonyl (C=O) groups excluding carboxylic acids is 13. The highest BCUT2D eigenvalue weighted by molar-refractivity contribution is 8.08. The van der Waals surface area contributed by atoms with Crippen molar-refractivity contribution in [3.63, 3.8) is 0 Å². The molecule has 0 radical (unpaired) electrons. The van der Waals surface area contributed by atoms with E-state index in [-0.39, 0.29) is 117 Å². The lowest BCUT2D eigenvalue weighted by Gasteiger charge is -2.41. The van der Waals surface area contributed by atoms with Gasteiger partial charge in [-0.2, -0.15) is 0 Å². The highest BCUT2D eigenvalue weighted by Gasteiger charge is 2.46. The lowest BCUT2D eigenvalue weighted by molar-refractivity contribution is -0.148. The van der Waals surface area contributed by atoms with Crippen molar-refractivity contribution in [2.24, 2.45) is 35.3 Å². The Labute approximate surface area is 766 Å². The van der Waals surface area contributed by atoms with Gasteiger partial charge in [-0.3, -0.25) is 57.6 Å². The van der Waals surface area contributed by atoms with Crippen molar-refractivity contribution in [3.8, 4) is 5.75 Å². The van der Waals surface area contributed by atoms with Crippen molar-refractivity contribution in [2.45, 2.75) is 185 Å². The number of amides is 14. The van der Waals surface area contributed by atoms with Crippen LogP contribution in [-0.4, -0.2) is 253 Å². The zero-order valence-electron chi connectivity index (χ0n) is 76.5. The number of likely N-dealkylation sites (N-methyl/N-ethyl adjacent to an activating group) is 2. The fourth-order valence-electron chi connectivity index (χ4n) is 15.0. The molecule has 0 aliphatic carbocycles. The molecule has 38 heteroatoms. The van der Waals surface area contributed by atoms with Crippen LogP contribution in [0.25, 0.3) is 0 Å². The number of hydrogen-bond donors (Lipinski definition) is 10. The minimum absolute atomic E-state index is 0.00480. The lowest BCUT2D eigenvalue weighted by Crippen LogP contribution is -2.60. The first-order chi connectivity index (χ1) is 61.9. The summed E-state index contributed by atoms with van der Waals surface area (Å²) in [6.07, 6.45) is -1.38. The molecule has 0 aromatic heterocycles. The van der Waals surface area contributed by atoms with Crippen LogP contribution in [0.5, 0.6) is 5.75 Å². The highest BCUT2D eigenvalue weighted by Crippen LogP contribution is 2.45. The van der Waals surface area contributed by atoms with Crippen LogP contribution in [0.4, 0.5) is 29.7 Å². The summed E-state index contributed by atoms with van der Waals surface area (Å²) in [7, 11) is 8.97. The molecule has 2 aliphatic heterocycles. The van der Waals surface area contributed by atoms with Crippen LogP contribution in [0.1, 0.15) is 146 Å². The minimum Gasteiger partial charge on any atom is -0.485 e. The maximum atomic E-state index is 15.7. The van der Waals surface area contributed by atoms with Crippen molar-refractivity contribution in [2.75, 3.05) is 112 Å². The molecule has 5 aromatic rings. The van der Waals surface area contributed by atoms with E-state index in [4.69, 9.17) is 38.9 Å². The molecule has 710 valence electrons. The first kappa shape index (κ1) is 106. The van der Waals surface area contributed by atoms with E-state index in [2.05, 4.69) is 42.5 Å². The first-order valence-electron chi connectivity index (χ1n) is 43.3. The molecule has 5 aromatic carbocycles. The average Bonchev–Trinajstić information content (AvgIpc) is 1.61. The van der Waals surface area contributed by atoms with E-state index in [0.29, 0.717) is 62.8 Å². The monoisotopic (exact) mass is 1850 g/mol. The molecule has 0 bridgehead atoms. The largest absolute Gasteiger partial charge is 0.485 e. The standard InChI is InChI=1S/C92H125F2N13O21S2/c1-17-55(8)76(70(122-15)49-72(109)106-40-22-26-69(106)78(123-16)56(9)82(111)99-57(10)77(110)59-23-19-18-20-24-59)104(13)88(117)74(53(4)5)103-87(116)75(54(6)7)105(14)92(121)128-50-58-27-33-62(34-28-58)100-85(114)68(25-21-39-98-91(95)120)101-86(115)73(52(2)3)102-71(108)51-126-44-43-124-41-42-125-45-46-127-79-66(93)47-63(48-67(79)94)107-89(118)80(129-64-35-29-60(30-36-64)83(112)96-11)81(90(107)119)130-65-37-31-61(32-38-65)84(113)97-12/h18-20,23-24,27-38,47-48,52-57,68-70,73-78,110H,17,21-22,25-26,39-46,49-51H2,1-16H3,(H,96,112)(H,97,113)(H,99,111)(H,100,114)(H,101,115)(H,102,108)(H,103,116)(H3,95,98,120)/t55?,56-,57-,68+,69+,70-,73+,74+,75+,76+,77-,78-/m1/s1. The van der Waals surface area contributed by atoms with Crippen LogP contribution < -0.4 is 57.9 Å². The third-order valence-corrected chi connectivity index (χ3v) is 24.7. The number of benzene rings is 5. The van der Waals surface area contributed by atoms with Gasteiger partial charge in [0.25, 0.3) is 23.6 Å². The number of nitrogens with one attached hydrogen (secondary N) is 8. The summed E-state index contributed by atoms with van der Waals surface area (Å²) in [6, 6.07) is 22.2. The van der Waals surface area contributed by atoms with Gasteiger partial charge in [0, 0.05) is 94.2 Å². The lowest BCUT2D eigenvalue weighted by atomic mass is 9.89. The Hall–Kier alpha value is -11.1. The van der Waals surface area contributed by atoms with Crippen LogP contribution in [0.15, 0.2) is 135 Å². The number of halogens is 2. The van der Waals surface area contributed by atoms with Crippen molar-refractivity contribution in [3.05, 3.63) is 159 Å². The van der Waals surface area contributed by atoms with Crippen LogP contribution >= 0.6 is 23.5 Å². The van der Waals surface area contributed by atoms with Gasteiger partial charge in [-0.05, 0) is 128 Å². The van der Waals surface area contributed by atoms with E-state index in [1.165, 1.54) is 64.5 Å². The molecule has 7 rings (SSSR count). The highest BCUT2D eigenvalue weighted by atomic mass is 32.2. The van der Waals surface area contributed by atoms with E-state index in [1.54, 1.807) is 128 Å². The molecule has 12 atom stereocenters. The number of nitrogens with two attached hydrogens (primary N) is 1. The second kappa shape index (κ2) is 52.1. The molecule has 1 saturated heterocycles. The van der Waals surface area contributed by atoms with Gasteiger partial charge in [0.2, 0.25) is 41.4 Å². The Balaban J connectivity index is 0.846. The first-order valence-corrected chi connectivity index (χ1v) is 44.9. The molecule has 0 saturated carbocycles.